The summed E-state index contributed by atoms with van der Waals surface area (Å²) < 4.78 is 16.0. The summed E-state index contributed by atoms with van der Waals surface area (Å²) in [5, 5.41) is 3.02. The Bertz CT molecular complexity index is 763. The number of rotatable bonds is 9. The number of likely N-dealkylation sites (N-methyl/N-ethyl adjacent to an activating group) is 1. The average Bonchev–Trinajstić information content (AvgIpc) is 2.72. The molecule has 0 aliphatic heterocycles. The molecule has 1 N–H and O–H groups in total. The maximum absolute atomic E-state index is 12.8. The topological polar surface area (TPSA) is 60.0 Å². The number of carbonyl (C=O) groups is 1. The molecular weight excluding hydrogens is 356 g/mol. The fraction of sp³-hybridized carbons (Fsp3) is 0.409. The monoisotopic (exact) mass is 386 g/mol. The standard InChI is InChI=1S/C22H30N2O4/c1-7-15-8-10-16(11-9-15)18(24(2)3)14-23-22(25)17-12-19(26-4)21(28-6)20(13-17)27-5/h8-13,18H,7,14H2,1-6H3,(H,23,25)/t18-/m1/s1. The molecule has 2 aromatic carbocycles. The van der Waals surface area contributed by atoms with Gasteiger partial charge in [0.2, 0.25) is 5.75 Å². The Labute approximate surface area is 167 Å². The minimum Gasteiger partial charge on any atom is -0.493 e. The molecule has 0 spiro atoms. The van der Waals surface area contributed by atoms with E-state index in [0.717, 1.165) is 12.0 Å². The van der Waals surface area contributed by atoms with E-state index < -0.39 is 0 Å². The number of nitrogens with zero attached hydrogens (tertiary/aromatic N) is 1. The van der Waals surface area contributed by atoms with Crippen molar-refractivity contribution in [3.05, 3.63) is 53.1 Å². The van der Waals surface area contributed by atoms with Crippen LogP contribution in [0.15, 0.2) is 36.4 Å². The maximum atomic E-state index is 12.8. The van der Waals surface area contributed by atoms with Crippen molar-refractivity contribution >= 4 is 5.91 Å². The highest BCUT2D eigenvalue weighted by molar-refractivity contribution is 5.95. The van der Waals surface area contributed by atoms with Gasteiger partial charge in [0.15, 0.2) is 11.5 Å². The Morgan fingerprint density at radius 2 is 1.57 bits per heavy atom. The molecule has 1 amide bonds. The van der Waals surface area contributed by atoms with Crippen LogP contribution in [-0.4, -0.2) is 52.8 Å². The van der Waals surface area contributed by atoms with Gasteiger partial charge in [0.25, 0.3) is 5.91 Å². The van der Waals surface area contributed by atoms with E-state index in [2.05, 4.69) is 41.4 Å². The number of benzene rings is 2. The number of amides is 1. The highest BCUT2D eigenvalue weighted by Gasteiger charge is 2.19. The molecule has 0 bridgehead atoms. The van der Waals surface area contributed by atoms with E-state index in [9.17, 15) is 4.79 Å². The molecule has 0 unspecified atom stereocenters. The summed E-state index contributed by atoms with van der Waals surface area (Å²) in [6.45, 7) is 2.62. The predicted molar refractivity (Wildman–Crippen MR) is 111 cm³/mol. The molecule has 0 radical (unpaired) electrons. The lowest BCUT2D eigenvalue weighted by Gasteiger charge is -2.25. The van der Waals surface area contributed by atoms with Gasteiger partial charge in [-0.2, -0.15) is 0 Å². The first-order chi connectivity index (χ1) is 13.4. The molecule has 6 nitrogen and oxygen atoms in total. The lowest BCUT2D eigenvalue weighted by atomic mass is 10.0. The largest absolute Gasteiger partial charge is 0.493 e. The van der Waals surface area contributed by atoms with E-state index >= 15 is 0 Å². The fourth-order valence-corrected chi connectivity index (χ4v) is 3.08. The molecule has 1 atom stereocenters. The fourth-order valence-electron chi connectivity index (χ4n) is 3.08. The van der Waals surface area contributed by atoms with Crippen molar-refractivity contribution in [1.29, 1.82) is 0 Å². The average molecular weight is 386 g/mol. The molecule has 152 valence electrons. The molecule has 0 fully saturated rings. The summed E-state index contributed by atoms with van der Waals surface area (Å²) in [6, 6.07) is 11.9. The van der Waals surface area contributed by atoms with Gasteiger partial charge in [0.05, 0.1) is 27.4 Å². The van der Waals surface area contributed by atoms with Crippen molar-refractivity contribution in [1.82, 2.24) is 10.2 Å². The van der Waals surface area contributed by atoms with Crippen LogP contribution in [0.3, 0.4) is 0 Å². The van der Waals surface area contributed by atoms with Crippen LogP contribution in [0.5, 0.6) is 17.2 Å². The minimum atomic E-state index is -0.198. The number of aryl methyl sites for hydroxylation is 1. The molecule has 2 rings (SSSR count). The molecule has 28 heavy (non-hydrogen) atoms. The number of hydrogen-bond acceptors (Lipinski definition) is 5. The SMILES string of the molecule is CCc1ccc([C@@H](CNC(=O)c2cc(OC)c(OC)c(OC)c2)N(C)C)cc1. The molecule has 0 saturated heterocycles. The van der Waals surface area contributed by atoms with Gasteiger partial charge >= 0.3 is 0 Å². The van der Waals surface area contributed by atoms with Gasteiger partial charge in [0, 0.05) is 12.1 Å². The molecule has 6 heteroatoms. The quantitative estimate of drug-likeness (QED) is 0.717. The third-order valence-electron chi connectivity index (χ3n) is 4.78. The highest BCUT2D eigenvalue weighted by Crippen LogP contribution is 2.38. The first kappa shape index (κ1) is 21.6. The molecule has 0 saturated carbocycles. The first-order valence-corrected chi connectivity index (χ1v) is 9.28. The zero-order valence-corrected chi connectivity index (χ0v) is 17.5. The lowest BCUT2D eigenvalue weighted by Crippen LogP contribution is -2.34. The van der Waals surface area contributed by atoms with Gasteiger partial charge in [-0.1, -0.05) is 31.2 Å². The normalized spacial score (nSPS) is 11.8. The second-order valence-corrected chi connectivity index (χ2v) is 6.70. The highest BCUT2D eigenvalue weighted by atomic mass is 16.5. The Morgan fingerprint density at radius 1 is 1.00 bits per heavy atom. The zero-order valence-electron chi connectivity index (χ0n) is 17.5. The van der Waals surface area contributed by atoms with Crippen LogP contribution in [-0.2, 0) is 6.42 Å². The van der Waals surface area contributed by atoms with Crippen LogP contribution < -0.4 is 19.5 Å². The summed E-state index contributed by atoms with van der Waals surface area (Å²) in [7, 11) is 8.60. The molecule has 0 heterocycles. The predicted octanol–water partition coefficient (Wildman–Crippen LogP) is 3.31. The van der Waals surface area contributed by atoms with Gasteiger partial charge in [-0.25, -0.2) is 0 Å². The van der Waals surface area contributed by atoms with E-state index in [1.807, 2.05) is 14.1 Å². The van der Waals surface area contributed by atoms with Gasteiger partial charge < -0.3 is 24.4 Å². The van der Waals surface area contributed by atoms with E-state index in [1.54, 1.807) is 12.1 Å². The third-order valence-corrected chi connectivity index (χ3v) is 4.78. The minimum absolute atomic E-state index is 0.0666. The van der Waals surface area contributed by atoms with Crippen molar-refractivity contribution in [2.45, 2.75) is 19.4 Å². The van der Waals surface area contributed by atoms with Gasteiger partial charge in [-0.05, 0) is 43.8 Å². The van der Waals surface area contributed by atoms with Gasteiger partial charge in [-0.3, -0.25) is 4.79 Å². The summed E-state index contributed by atoms with van der Waals surface area (Å²) in [4.78, 5) is 14.9. The Hall–Kier alpha value is -2.73. The third kappa shape index (κ3) is 4.95. The number of methoxy groups -OCH3 is 3. The Balaban J connectivity index is 2.18. The van der Waals surface area contributed by atoms with Crippen molar-refractivity contribution in [3.8, 4) is 17.2 Å². The summed E-state index contributed by atoms with van der Waals surface area (Å²) in [6.07, 6.45) is 1.00. The molecule has 2 aromatic rings. The van der Waals surface area contributed by atoms with E-state index in [0.29, 0.717) is 29.4 Å². The van der Waals surface area contributed by atoms with E-state index in [1.165, 1.54) is 26.9 Å². The van der Waals surface area contributed by atoms with Crippen LogP contribution in [0.2, 0.25) is 0 Å². The zero-order chi connectivity index (χ0) is 20.7. The van der Waals surface area contributed by atoms with Crippen molar-refractivity contribution < 1.29 is 19.0 Å². The van der Waals surface area contributed by atoms with Crippen LogP contribution >= 0.6 is 0 Å². The van der Waals surface area contributed by atoms with E-state index in [4.69, 9.17) is 14.2 Å². The van der Waals surface area contributed by atoms with Crippen molar-refractivity contribution in [2.24, 2.45) is 0 Å². The summed E-state index contributed by atoms with van der Waals surface area (Å²) in [5.74, 6) is 1.16. The first-order valence-electron chi connectivity index (χ1n) is 9.28. The van der Waals surface area contributed by atoms with Crippen molar-refractivity contribution in [3.63, 3.8) is 0 Å². The lowest BCUT2D eigenvalue weighted by molar-refractivity contribution is 0.0941. The van der Waals surface area contributed by atoms with Gasteiger partial charge in [-0.15, -0.1) is 0 Å². The molecule has 0 aliphatic carbocycles. The molecular formula is C22H30N2O4. The number of ether oxygens (including phenoxy) is 3. The summed E-state index contributed by atoms with van der Waals surface area (Å²) >= 11 is 0. The maximum Gasteiger partial charge on any atom is 0.251 e. The second-order valence-electron chi connectivity index (χ2n) is 6.70. The van der Waals surface area contributed by atoms with Crippen LogP contribution in [0.25, 0.3) is 0 Å². The molecule has 0 aromatic heterocycles. The number of hydrogen-bond donors (Lipinski definition) is 1. The molecule has 0 aliphatic rings. The van der Waals surface area contributed by atoms with Crippen LogP contribution in [0.1, 0.15) is 34.5 Å². The van der Waals surface area contributed by atoms with Crippen LogP contribution in [0.4, 0.5) is 0 Å². The van der Waals surface area contributed by atoms with E-state index in [-0.39, 0.29) is 11.9 Å². The Morgan fingerprint density at radius 3 is 2.00 bits per heavy atom. The number of nitrogens with one attached hydrogen (secondary N) is 1. The second kappa shape index (κ2) is 9.99. The van der Waals surface area contributed by atoms with Crippen LogP contribution in [0, 0.1) is 0 Å². The number of carbonyl (C=O) groups excluding carboxylic acids is 1. The summed E-state index contributed by atoms with van der Waals surface area (Å²) in [5.41, 5.74) is 2.91. The Kier molecular flexibility index (Phi) is 7.70. The smallest absolute Gasteiger partial charge is 0.251 e. The van der Waals surface area contributed by atoms with Crippen molar-refractivity contribution in [2.75, 3.05) is 42.0 Å². The van der Waals surface area contributed by atoms with Gasteiger partial charge in [0.1, 0.15) is 0 Å².